The molecule has 2 heterocycles. The Labute approximate surface area is 189 Å². The van der Waals surface area contributed by atoms with Gasteiger partial charge in [0.15, 0.2) is 15.7 Å². The number of benzene rings is 1. The molecule has 3 rings (SSSR count). The lowest BCUT2D eigenvalue weighted by atomic mass is 10.0. The van der Waals surface area contributed by atoms with Gasteiger partial charge in [-0.3, -0.25) is 4.79 Å². The van der Waals surface area contributed by atoms with Gasteiger partial charge in [0, 0.05) is 49.7 Å². The molecule has 0 saturated heterocycles. The van der Waals surface area contributed by atoms with Crippen molar-refractivity contribution < 1.29 is 41.4 Å². The Morgan fingerprint density at radius 1 is 1.21 bits per heavy atom. The van der Waals surface area contributed by atoms with Crippen molar-refractivity contribution in [1.82, 2.24) is 4.57 Å². The average Bonchev–Trinajstić information content (AvgIpc) is 3.07. The topological polar surface area (TPSA) is 137 Å². The Hall–Kier alpha value is -3.10. The molecule has 0 fully saturated rings. The van der Waals surface area contributed by atoms with Gasteiger partial charge < -0.3 is 28.8 Å². The van der Waals surface area contributed by atoms with Crippen molar-refractivity contribution in [3.63, 3.8) is 0 Å². The maximum absolute atomic E-state index is 14.7. The van der Waals surface area contributed by atoms with Crippen LogP contribution in [0.1, 0.15) is 13.3 Å². The third-order valence-corrected chi connectivity index (χ3v) is 7.20. The first-order valence-electron chi connectivity index (χ1n) is 9.24. The summed E-state index contributed by atoms with van der Waals surface area (Å²) in [7, 11) is -2.63. The third-order valence-electron chi connectivity index (χ3n) is 5.18. The van der Waals surface area contributed by atoms with Gasteiger partial charge in [0.2, 0.25) is 0 Å². The van der Waals surface area contributed by atoms with Gasteiger partial charge in [-0.05, 0) is 25.5 Å². The van der Waals surface area contributed by atoms with E-state index >= 15 is 0 Å². The number of halogens is 2. The van der Waals surface area contributed by atoms with E-state index in [9.17, 15) is 32.0 Å². The highest BCUT2D eigenvalue weighted by Crippen LogP contribution is 2.30. The molecule has 0 bridgehead atoms. The summed E-state index contributed by atoms with van der Waals surface area (Å²) in [5.74, 6) is -2.10. The van der Waals surface area contributed by atoms with Crippen LogP contribution in [0.4, 0.5) is 8.78 Å². The second-order valence-corrected chi connectivity index (χ2v) is 9.86. The minimum absolute atomic E-state index is 0. The van der Waals surface area contributed by atoms with E-state index in [0.29, 0.717) is 0 Å². The van der Waals surface area contributed by atoms with E-state index < -0.39 is 44.6 Å². The highest BCUT2D eigenvalue weighted by molar-refractivity contribution is 7.92. The van der Waals surface area contributed by atoms with E-state index in [0.717, 1.165) is 29.2 Å². The molecule has 1 aliphatic heterocycles. The first-order valence-corrected chi connectivity index (χ1v) is 11.1. The van der Waals surface area contributed by atoms with Crippen molar-refractivity contribution in [3.05, 3.63) is 59.9 Å². The molecule has 1 aromatic heterocycles. The number of ether oxygens (including phenoxy) is 1. The van der Waals surface area contributed by atoms with E-state index in [1.807, 2.05) is 0 Å². The molecular weight excluding hydrogens is 465 g/mol. The fraction of sp³-hybridized carbons (Fsp3) is 0.316. The molecule has 0 aliphatic carbocycles. The summed E-state index contributed by atoms with van der Waals surface area (Å²) < 4.78 is 66.6. The van der Waals surface area contributed by atoms with Crippen molar-refractivity contribution in [2.45, 2.75) is 24.6 Å². The summed E-state index contributed by atoms with van der Waals surface area (Å²) in [6.45, 7) is -2.93. The van der Waals surface area contributed by atoms with E-state index in [2.05, 4.69) is 9.91 Å². The number of rotatable bonds is 7. The molecule has 0 spiro atoms. The van der Waals surface area contributed by atoms with Crippen molar-refractivity contribution in [2.75, 3.05) is 13.4 Å². The summed E-state index contributed by atoms with van der Waals surface area (Å²) in [5, 5.41) is 22.0. The quantitative estimate of drug-likeness (QED) is 0.439. The number of sulfone groups is 1. The first-order chi connectivity index (χ1) is 14.8. The zero-order chi connectivity index (χ0) is 23.9. The maximum atomic E-state index is 14.7. The largest absolute Gasteiger partial charge is 0.668 e. The van der Waals surface area contributed by atoms with Gasteiger partial charge in [-0.15, -0.1) is 0 Å². The van der Waals surface area contributed by atoms with E-state index in [4.69, 9.17) is 9.39 Å². The molecule has 1 aromatic carbocycles. The molecular formula is C19H23BF2N2O8S. The minimum atomic E-state index is -3.97. The Morgan fingerprint density at radius 3 is 2.39 bits per heavy atom. The Balaban J connectivity index is 0.00000385. The van der Waals surface area contributed by atoms with Crippen LogP contribution >= 0.6 is 0 Å². The van der Waals surface area contributed by atoms with E-state index in [1.165, 1.54) is 26.2 Å². The van der Waals surface area contributed by atoms with Crippen LogP contribution in [0.15, 0.2) is 40.4 Å². The van der Waals surface area contributed by atoms with Gasteiger partial charge in [0.05, 0.1) is 7.11 Å². The van der Waals surface area contributed by atoms with E-state index in [1.54, 1.807) is 0 Å². The molecule has 0 saturated carbocycles. The minimum Gasteiger partial charge on any atom is -0.620 e. The first kappa shape index (κ1) is 26.2. The fourth-order valence-electron chi connectivity index (χ4n) is 3.08. The Bertz CT molecular complexity index is 1250. The lowest BCUT2D eigenvalue weighted by Gasteiger charge is -2.30. The molecule has 14 heteroatoms. The van der Waals surface area contributed by atoms with Crippen LogP contribution < -0.4 is 10.3 Å². The zero-order valence-electron chi connectivity index (χ0n) is 18.3. The summed E-state index contributed by atoms with van der Waals surface area (Å²) in [6.07, 6.45) is 1.33. The molecule has 1 aliphatic rings. The molecule has 1 atom stereocenters. The summed E-state index contributed by atoms with van der Waals surface area (Å²) in [4.78, 5) is 12.5. The van der Waals surface area contributed by atoms with Gasteiger partial charge in [0.25, 0.3) is 5.56 Å². The van der Waals surface area contributed by atoms with Gasteiger partial charge in [-0.25, -0.2) is 17.2 Å². The normalized spacial score (nSPS) is 16.6. The number of hydrogen-bond acceptors (Lipinski definition) is 9. The summed E-state index contributed by atoms with van der Waals surface area (Å²) in [5.41, 5.74) is -1.15. The summed E-state index contributed by atoms with van der Waals surface area (Å²) in [6, 6.07) is 4.62. The van der Waals surface area contributed by atoms with Crippen molar-refractivity contribution in [1.29, 1.82) is 0 Å². The molecule has 2 N–H and O–H groups in total. The molecule has 180 valence electrons. The highest BCUT2D eigenvalue weighted by Gasteiger charge is 2.48. The molecule has 10 nitrogen and oxygen atoms in total. The number of aryl methyl sites for hydroxylation is 1. The van der Waals surface area contributed by atoms with Crippen LogP contribution in [-0.4, -0.2) is 54.0 Å². The van der Waals surface area contributed by atoms with Gasteiger partial charge in [-0.1, -0.05) is 5.16 Å². The van der Waals surface area contributed by atoms with Crippen LogP contribution in [-0.2, 0) is 25.8 Å². The standard InChI is InChI=1S/C18H20BF2N2O8S.CH3/c1-18(32(3,27)28,17-22-31-19(25,26)30-17)6-7-23-10-15(21)13(9-16(23)24)12-5-4-11(29-2)8-14(12)20;/h4-5,8-10,25-26H,6-7H2,1-3H3;1H3/q-1;+1/t18-;/m1./s1. The predicted octanol–water partition coefficient (Wildman–Crippen LogP) is 1.23. The average molecular weight is 488 g/mol. The molecule has 0 amide bonds. The monoisotopic (exact) mass is 488 g/mol. The lowest BCUT2D eigenvalue weighted by molar-refractivity contribution is 0.102. The van der Waals surface area contributed by atoms with Gasteiger partial charge in [0.1, 0.15) is 22.1 Å². The lowest BCUT2D eigenvalue weighted by Crippen LogP contribution is -2.48. The molecule has 33 heavy (non-hydrogen) atoms. The number of aromatic nitrogens is 1. The second kappa shape index (κ2) is 9.04. The maximum Gasteiger partial charge on any atom is 0.668 e. The smallest absolute Gasteiger partial charge is 0.620 e. The third kappa shape index (κ3) is 5.12. The predicted molar refractivity (Wildman–Crippen MR) is 117 cm³/mol. The van der Waals surface area contributed by atoms with Crippen LogP contribution in [0.25, 0.3) is 11.1 Å². The molecule has 2 aromatic rings. The second-order valence-electron chi connectivity index (χ2n) is 7.42. The zero-order valence-corrected chi connectivity index (χ0v) is 19.1. The summed E-state index contributed by atoms with van der Waals surface area (Å²) >= 11 is 0. The van der Waals surface area contributed by atoms with Crippen LogP contribution in [0, 0.1) is 19.1 Å². The molecule has 0 radical (unpaired) electrons. The SMILES string of the molecule is COc1ccc(-c2cc(=O)n(CC[C@](C)(C3=NO[B-](O)(O)O3)S(C)(=O)=O)cc2F)c(F)c1.[CH3+]. The van der Waals surface area contributed by atoms with Crippen molar-refractivity contribution in [3.8, 4) is 16.9 Å². The van der Waals surface area contributed by atoms with Gasteiger partial charge >= 0.3 is 6.96 Å². The number of nitrogens with zero attached hydrogens (tertiary/aromatic N) is 2. The molecule has 0 unspecified atom stereocenters. The number of pyridine rings is 1. The van der Waals surface area contributed by atoms with E-state index in [-0.39, 0.29) is 37.3 Å². The van der Waals surface area contributed by atoms with Gasteiger partial charge in [-0.2, -0.15) is 0 Å². The van der Waals surface area contributed by atoms with Crippen molar-refractivity contribution in [2.24, 2.45) is 5.16 Å². The van der Waals surface area contributed by atoms with Crippen molar-refractivity contribution >= 4 is 22.7 Å². The fourth-order valence-corrected chi connectivity index (χ4v) is 3.94. The number of hydrogen-bond donors (Lipinski definition) is 2. The highest BCUT2D eigenvalue weighted by atomic mass is 32.2. The van der Waals surface area contributed by atoms with Crippen LogP contribution in [0.3, 0.4) is 0 Å². The van der Waals surface area contributed by atoms with Crippen LogP contribution in [0.2, 0.25) is 0 Å². The number of oxime groups is 1. The Morgan fingerprint density at radius 2 is 1.88 bits per heavy atom. The Kier molecular flexibility index (Phi) is 7.16. The number of methoxy groups -OCH3 is 1. The van der Waals surface area contributed by atoms with Crippen LogP contribution in [0.5, 0.6) is 5.75 Å².